The monoisotopic (exact) mass is 512 g/mol. The quantitative estimate of drug-likeness (QED) is 0.284. The smallest absolute Gasteiger partial charge is 0.231 e. The molecule has 0 saturated carbocycles. The minimum absolute atomic E-state index is 0.166. The Balaban J connectivity index is 1.24. The molecule has 1 saturated heterocycles. The molecule has 4 heterocycles. The van der Waals surface area contributed by atoms with Crippen LogP contribution in [0.5, 0.6) is 11.5 Å². The third kappa shape index (κ3) is 4.53. The number of fused-ring (bicyclic) bond motifs is 1. The number of hydrogen-bond donors (Lipinski definition) is 0. The van der Waals surface area contributed by atoms with Crippen LogP contribution in [0.25, 0.3) is 22.0 Å². The van der Waals surface area contributed by atoms with Crippen LogP contribution in [0.3, 0.4) is 0 Å². The van der Waals surface area contributed by atoms with Crippen molar-refractivity contribution in [3.63, 3.8) is 0 Å². The van der Waals surface area contributed by atoms with Gasteiger partial charge in [0.1, 0.15) is 5.01 Å². The molecule has 174 valence electrons. The Morgan fingerprint density at radius 2 is 1.91 bits per heavy atom. The van der Waals surface area contributed by atoms with Crippen LogP contribution in [0.15, 0.2) is 53.0 Å². The fraction of sp³-hybridized carbons (Fsp3) is 0.292. The molecule has 2 aliphatic rings. The maximum absolute atomic E-state index is 6.01. The second kappa shape index (κ2) is 9.58. The molecule has 34 heavy (non-hydrogen) atoms. The zero-order valence-electron chi connectivity index (χ0n) is 18.1. The van der Waals surface area contributed by atoms with E-state index in [0.717, 1.165) is 68.8 Å². The number of nitrogens with zero attached hydrogens (tertiary/aromatic N) is 4. The fourth-order valence-electron chi connectivity index (χ4n) is 4.04. The van der Waals surface area contributed by atoms with Crippen molar-refractivity contribution < 1.29 is 14.2 Å². The van der Waals surface area contributed by atoms with Crippen molar-refractivity contribution in [2.45, 2.75) is 36.4 Å². The van der Waals surface area contributed by atoms with Crippen LogP contribution in [-0.2, 0) is 17.0 Å². The summed E-state index contributed by atoms with van der Waals surface area (Å²) < 4.78 is 19.1. The molecule has 2 aliphatic heterocycles. The highest BCUT2D eigenvalue weighted by atomic mass is 35.5. The lowest BCUT2D eigenvalue weighted by molar-refractivity contribution is 0.0953. The number of thioether (sulfide) groups is 1. The van der Waals surface area contributed by atoms with E-state index in [1.165, 1.54) is 0 Å². The molecule has 2 aromatic carbocycles. The lowest BCUT2D eigenvalue weighted by Gasteiger charge is -2.14. The Morgan fingerprint density at radius 3 is 2.76 bits per heavy atom. The van der Waals surface area contributed by atoms with Crippen molar-refractivity contribution in [3.8, 4) is 33.5 Å². The number of thiazole rings is 1. The molecule has 0 unspecified atom stereocenters. The highest BCUT2D eigenvalue weighted by Crippen LogP contribution is 2.37. The van der Waals surface area contributed by atoms with E-state index in [1.807, 2.05) is 42.5 Å². The standard InChI is InChI=1S/C24H21ClN4O3S2/c25-17-6-3-15(4-7-17)23-26-18(12-33-23)13-34-24-28-27-22(29(24)11-19-2-1-9-30-19)16-5-8-20-21(10-16)32-14-31-20/h3-8,10,12,19H,1-2,9,11,13-14H2/t19-/m0/s1. The number of aromatic nitrogens is 4. The van der Waals surface area contributed by atoms with Crippen LogP contribution >= 0.6 is 34.7 Å². The van der Waals surface area contributed by atoms with Gasteiger partial charge in [0.05, 0.1) is 18.3 Å². The van der Waals surface area contributed by atoms with Gasteiger partial charge in [0.2, 0.25) is 6.79 Å². The molecule has 10 heteroatoms. The molecule has 0 N–H and O–H groups in total. The lowest BCUT2D eigenvalue weighted by Crippen LogP contribution is -2.16. The number of benzene rings is 2. The summed E-state index contributed by atoms with van der Waals surface area (Å²) in [7, 11) is 0. The maximum Gasteiger partial charge on any atom is 0.231 e. The number of rotatable bonds is 7. The van der Waals surface area contributed by atoms with Gasteiger partial charge in [0.15, 0.2) is 22.5 Å². The highest BCUT2D eigenvalue weighted by Gasteiger charge is 2.23. The van der Waals surface area contributed by atoms with Crippen LogP contribution in [0.4, 0.5) is 0 Å². The van der Waals surface area contributed by atoms with Gasteiger partial charge in [-0.25, -0.2) is 4.98 Å². The van der Waals surface area contributed by atoms with E-state index < -0.39 is 0 Å². The largest absolute Gasteiger partial charge is 0.454 e. The van der Waals surface area contributed by atoms with Gasteiger partial charge >= 0.3 is 0 Å². The molecule has 0 amide bonds. The topological polar surface area (TPSA) is 71.3 Å². The van der Waals surface area contributed by atoms with Gasteiger partial charge in [-0.15, -0.1) is 21.5 Å². The van der Waals surface area contributed by atoms with Gasteiger partial charge in [-0.05, 0) is 43.2 Å². The van der Waals surface area contributed by atoms with Crippen molar-refractivity contribution in [1.29, 1.82) is 0 Å². The fourth-order valence-corrected chi connectivity index (χ4v) is 5.94. The number of hydrogen-bond acceptors (Lipinski definition) is 8. The third-order valence-corrected chi connectivity index (χ3v) is 7.94. The van der Waals surface area contributed by atoms with E-state index in [4.69, 9.17) is 30.8 Å². The minimum Gasteiger partial charge on any atom is -0.454 e. The molecule has 0 radical (unpaired) electrons. The summed E-state index contributed by atoms with van der Waals surface area (Å²) in [6.45, 7) is 1.77. The second-order valence-corrected chi connectivity index (χ2v) is 10.3. The Kier molecular flexibility index (Phi) is 6.17. The first-order valence-electron chi connectivity index (χ1n) is 11.0. The van der Waals surface area contributed by atoms with E-state index in [-0.39, 0.29) is 12.9 Å². The highest BCUT2D eigenvalue weighted by molar-refractivity contribution is 7.98. The van der Waals surface area contributed by atoms with Gasteiger partial charge in [0.25, 0.3) is 0 Å². The molecular formula is C24H21ClN4O3S2. The van der Waals surface area contributed by atoms with Gasteiger partial charge in [-0.2, -0.15) is 0 Å². The number of ether oxygens (including phenoxy) is 3. The third-order valence-electron chi connectivity index (χ3n) is 5.75. The summed E-state index contributed by atoms with van der Waals surface area (Å²) in [6.07, 6.45) is 2.29. The van der Waals surface area contributed by atoms with Gasteiger partial charge in [-0.1, -0.05) is 35.5 Å². The molecule has 4 aromatic rings. The summed E-state index contributed by atoms with van der Waals surface area (Å²) in [5.74, 6) is 2.99. The minimum atomic E-state index is 0.166. The van der Waals surface area contributed by atoms with E-state index in [0.29, 0.717) is 12.3 Å². The molecule has 2 aromatic heterocycles. The first-order valence-corrected chi connectivity index (χ1v) is 13.3. The summed E-state index contributed by atoms with van der Waals surface area (Å²) >= 11 is 9.28. The van der Waals surface area contributed by atoms with Gasteiger partial charge < -0.3 is 14.2 Å². The second-order valence-electron chi connectivity index (χ2n) is 8.06. The molecule has 0 bridgehead atoms. The van der Waals surface area contributed by atoms with E-state index in [2.05, 4.69) is 20.1 Å². The van der Waals surface area contributed by atoms with E-state index >= 15 is 0 Å². The van der Waals surface area contributed by atoms with Crippen LogP contribution in [0.1, 0.15) is 18.5 Å². The van der Waals surface area contributed by atoms with Crippen LogP contribution in [0.2, 0.25) is 5.02 Å². The first kappa shape index (κ1) is 21.9. The van der Waals surface area contributed by atoms with Crippen molar-refractivity contribution in [2.75, 3.05) is 13.4 Å². The number of halogens is 1. The predicted octanol–water partition coefficient (Wildman–Crippen LogP) is 5.92. The van der Waals surface area contributed by atoms with Crippen molar-refractivity contribution in [2.24, 2.45) is 0 Å². The summed E-state index contributed by atoms with van der Waals surface area (Å²) in [6, 6.07) is 13.6. The summed E-state index contributed by atoms with van der Waals surface area (Å²) in [5.41, 5.74) is 3.02. The summed E-state index contributed by atoms with van der Waals surface area (Å²) in [4.78, 5) is 4.80. The zero-order chi connectivity index (χ0) is 22.9. The zero-order valence-corrected chi connectivity index (χ0v) is 20.5. The van der Waals surface area contributed by atoms with Crippen LogP contribution in [0, 0.1) is 0 Å². The molecule has 0 spiro atoms. The predicted molar refractivity (Wildman–Crippen MR) is 133 cm³/mol. The molecule has 6 rings (SSSR count). The summed E-state index contributed by atoms with van der Waals surface area (Å²) in [5, 5.41) is 13.7. The Labute approximate surface area is 210 Å². The molecule has 1 fully saturated rings. The van der Waals surface area contributed by atoms with Crippen molar-refractivity contribution in [1.82, 2.24) is 19.7 Å². The normalized spacial score (nSPS) is 16.9. The molecule has 1 atom stereocenters. The van der Waals surface area contributed by atoms with Gasteiger partial charge in [0, 0.05) is 33.9 Å². The van der Waals surface area contributed by atoms with Crippen LogP contribution < -0.4 is 9.47 Å². The van der Waals surface area contributed by atoms with Crippen molar-refractivity contribution in [3.05, 3.63) is 58.6 Å². The Morgan fingerprint density at radius 1 is 1.06 bits per heavy atom. The molecule has 7 nitrogen and oxygen atoms in total. The van der Waals surface area contributed by atoms with E-state index in [1.54, 1.807) is 23.1 Å². The van der Waals surface area contributed by atoms with E-state index in [9.17, 15) is 0 Å². The van der Waals surface area contributed by atoms with Gasteiger partial charge in [-0.3, -0.25) is 4.57 Å². The van der Waals surface area contributed by atoms with Crippen LogP contribution in [-0.4, -0.2) is 39.3 Å². The Bertz CT molecular complexity index is 1300. The average molecular weight is 513 g/mol. The Hall–Kier alpha value is -2.59. The maximum atomic E-state index is 6.01. The molecular weight excluding hydrogens is 492 g/mol. The first-order chi connectivity index (χ1) is 16.7. The lowest BCUT2D eigenvalue weighted by atomic mass is 10.2. The average Bonchev–Trinajstić information content (AvgIpc) is 3.65. The van der Waals surface area contributed by atoms with Crippen molar-refractivity contribution >= 4 is 34.7 Å². The SMILES string of the molecule is Clc1ccc(-c2nc(CSc3nnc(-c4ccc5c(c4)OCO5)n3C[C@@H]3CCCO3)cs2)cc1. The molecule has 0 aliphatic carbocycles.